The van der Waals surface area contributed by atoms with E-state index in [4.69, 9.17) is 17.3 Å². The van der Waals surface area contributed by atoms with Gasteiger partial charge in [0.1, 0.15) is 0 Å². The average Bonchev–Trinajstić information content (AvgIpc) is 2.27. The first-order chi connectivity index (χ1) is 8.06. The number of nitrogen functional groups attached to an aromatic ring is 1. The summed E-state index contributed by atoms with van der Waals surface area (Å²) in [4.78, 5) is 0. The third-order valence-electron chi connectivity index (χ3n) is 2.21. The molecule has 0 heterocycles. The van der Waals surface area contributed by atoms with Gasteiger partial charge in [-0.05, 0) is 52.3 Å². The minimum absolute atomic E-state index is 0.672. The molecule has 0 aromatic heterocycles. The van der Waals surface area contributed by atoms with Crippen LogP contribution in [-0.2, 0) is 0 Å². The maximum Gasteiger partial charge on any atom is 0.0619 e. The number of anilines is 3. The van der Waals surface area contributed by atoms with Gasteiger partial charge in [0.2, 0.25) is 0 Å². The van der Waals surface area contributed by atoms with E-state index in [9.17, 15) is 0 Å². The Morgan fingerprint density at radius 2 is 1.76 bits per heavy atom. The van der Waals surface area contributed by atoms with Crippen molar-refractivity contribution in [1.29, 1.82) is 0 Å². The first kappa shape index (κ1) is 12.7. The minimum atomic E-state index is 0.672. The quantitative estimate of drug-likeness (QED) is 0.708. The number of rotatable bonds is 2. The Kier molecular flexibility index (Phi) is 3.97. The van der Waals surface area contributed by atoms with Crippen LogP contribution in [0.5, 0.6) is 0 Å². The fraction of sp³-hybridized carbons (Fsp3) is 0. The molecule has 2 nitrogen and oxygen atoms in total. The smallest absolute Gasteiger partial charge is 0.0619 e. The van der Waals surface area contributed by atoms with Crippen molar-refractivity contribution in [1.82, 2.24) is 0 Å². The first-order valence-corrected chi connectivity index (χ1v) is 6.80. The predicted octanol–water partition coefficient (Wildman–Crippen LogP) is 5.19. The second kappa shape index (κ2) is 5.29. The number of hydrogen-bond acceptors (Lipinski definition) is 2. The highest BCUT2D eigenvalue weighted by Crippen LogP contribution is 2.31. The maximum absolute atomic E-state index is 5.95. The van der Waals surface area contributed by atoms with Crippen molar-refractivity contribution >= 4 is 60.5 Å². The molecule has 5 heteroatoms. The summed E-state index contributed by atoms with van der Waals surface area (Å²) in [5.74, 6) is 0. The van der Waals surface area contributed by atoms with Gasteiger partial charge in [0, 0.05) is 14.0 Å². The topological polar surface area (TPSA) is 38.0 Å². The molecule has 0 aliphatic carbocycles. The van der Waals surface area contributed by atoms with Gasteiger partial charge in [-0.15, -0.1) is 0 Å². The Morgan fingerprint density at radius 3 is 2.47 bits per heavy atom. The summed E-state index contributed by atoms with van der Waals surface area (Å²) < 4.78 is 1.88. The van der Waals surface area contributed by atoms with Crippen LogP contribution in [0, 0.1) is 0 Å². The van der Waals surface area contributed by atoms with E-state index in [1.54, 1.807) is 0 Å². The van der Waals surface area contributed by atoms with Crippen LogP contribution < -0.4 is 11.1 Å². The average molecular weight is 376 g/mol. The van der Waals surface area contributed by atoms with Gasteiger partial charge in [0.25, 0.3) is 0 Å². The van der Waals surface area contributed by atoms with Crippen LogP contribution in [0.25, 0.3) is 0 Å². The molecule has 0 aliphatic rings. The van der Waals surface area contributed by atoms with Gasteiger partial charge in [-0.3, -0.25) is 0 Å². The van der Waals surface area contributed by atoms with Crippen molar-refractivity contribution in [3.63, 3.8) is 0 Å². The molecule has 0 atom stereocenters. The summed E-state index contributed by atoms with van der Waals surface area (Å²) in [6.07, 6.45) is 0. The zero-order valence-electron chi connectivity index (χ0n) is 8.68. The van der Waals surface area contributed by atoms with Gasteiger partial charge < -0.3 is 11.1 Å². The number of benzene rings is 2. The van der Waals surface area contributed by atoms with Gasteiger partial charge in [0.05, 0.1) is 17.1 Å². The fourth-order valence-corrected chi connectivity index (χ4v) is 2.28. The zero-order valence-corrected chi connectivity index (χ0v) is 12.6. The summed E-state index contributed by atoms with van der Waals surface area (Å²) in [6, 6.07) is 11.2. The van der Waals surface area contributed by atoms with Crippen LogP contribution in [0.15, 0.2) is 45.3 Å². The molecule has 0 aliphatic heterocycles. The summed E-state index contributed by atoms with van der Waals surface area (Å²) in [5, 5.41) is 3.90. The third-order valence-corrected chi connectivity index (χ3v) is 3.63. The molecule has 0 unspecified atom stereocenters. The molecule has 3 N–H and O–H groups in total. The number of hydrogen-bond donors (Lipinski definition) is 2. The van der Waals surface area contributed by atoms with Crippen molar-refractivity contribution in [2.24, 2.45) is 0 Å². The van der Waals surface area contributed by atoms with Gasteiger partial charge in [-0.25, -0.2) is 0 Å². The van der Waals surface area contributed by atoms with Crippen LogP contribution >= 0.6 is 43.5 Å². The molecule has 0 saturated carbocycles. The Labute approximate surface area is 121 Å². The lowest BCUT2D eigenvalue weighted by Crippen LogP contribution is -1.96. The van der Waals surface area contributed by atoms with Crippen LogP contribution in [0.2, 0.25) is 5.02 Å². The number of nitrogens with one attached hydrogen (secondary N) is 1. The second-order valence-electron chi connectivity index (χ2n) is 3.48. The molecule has 0 saturated heterocycles. The highest BCUT2D eigenvalue weighted by molar-refractivity contribution is 9.10. The van der Waals surface area contributed by atoms with Crippen LogP contribution in [-0.4, -0.2) is 0 Å². The van der Waals surface area contributed by atoms with E-state index in [1.165, 1.54) is 0 Å². The van der Waals surface area contributed by atoms with E-state index in [0.29, 0.717) is 10.7 Å². The monoisotopic (exact) mass is 374 g/mol. The van der Waals surface area contributed by atoms with Gasteiger partial charge in [-0.2, -0.15) is 0 Å². The molecule has 88 valence electrons. The van der Waals surface area contributed by atoms with E-state index < -0.39 is 0 Å². The molecule has 17 heavy (non-hydrogen) atoms. The molecule has 2 aromatic rings. The Hall–Kier alpha value is -0.710. The Morgan fingerprint density at radius 1 is 1.00 bits per heavy atom. The molecule has 2 aromatic carbocycles. The molecule has 0 fully saturated rings. The van der Waals surface area contributed by atoms with Crippen molar-refractivity contribution in [3.8, 4) is 0 Å². The lowest BCUT2D eigenvalue weighted by atomic mass is 10.2. The lowest BCUT2D eigenvalue weighted by molar-refractivity contribution is 1.51. The molecule has 0 radical (unpaired) electrons. The zero-order chi connectivity index (χ0) is 12.4. The Bertz CT molecular complexity index is 558. The maximum atomic E-state index is 5.95. The normalized spacial score (nSPS) is 10.3. The minimum Gasteiger partial charge on any atom is -0.397 e. The lowest BCUT2D eigenvalue weighted by Gasteiger charge is -2.11. The SMILES string of the molecule is Nc1cc(Br)ccc1Nc1cc(Cl)ccc1Br. The Balaban J connectivity index is 2.34. The van der Waals surface area contributed by atoms with Gasteiger partial charge in [-0.1, -0.05) is 27.5 Å². The third kappa shape index (κ3) is 3.15. The van der Waals surface area contributed by atoms with Crippen LogP contribution in [0.3, 0.4) is 0 Å². The van der Waals surface area contributed by atoms with E-state index in [0.717, 1.165) is 20.3 Å². The highest BCUT2D eigenvalue weighted by Gasteiger charge is 2.04. The summed E-state index contributed by atoms with van der Waals surface area (Å²) in [6.45, 7) is 0. The standard InChI is InChI=1S/C12H9Br2ClN2/c13-7-1-4-11(10(16)5-7)17-12-6-8(15)2-3-9(12)14/h1-6,17H,16H2. The molecular weight excluding hydrogens is 367 g/mol. The fourth-order valence-electron chi connectivity index (χ4n) is 1.39. The van der Waals surface area contributed by atoms with E-state index in [-0.39, 0.29) is 0 Å². The highest BCUT2D eigenvalue weighted by atomic mass is 79.9. The molecule has 0 bridgehead atoms. The predicted molar refractivity (Wildman–Crippen MR) is 81.0 cm³/mol. The van der Waals surface area contributed by atoms with Crippen molar-refractivity contribution in [3.05, 3.63) is 50.4 Å². The molecule has 0 spiro atoms. The van der Waals surface area contributed by atoms with E-state index in [1.807, 2.05) is 36.4 Å². The van der Waals surface area contributed by atoms with Crippen molar-refractivity contribution in [2.75, 3.05) is 11.1 Å². The first-order valence-electron chi connectivity index (χ1n) is 4.83. The molecule has 2 rings (SSSR count). The number of halogens is 3. The van der Waals surface area contributed by atoms with Crippen LogP contribution in [0.1, 0.15) is 0 Å². The van der Waals surface area contributed by atoms with E-state index in [2.05, 4.69) is 37.2 Å². The number of nitrogens with two attached hydrogens (primary N) is 1. The second-order valence-corrected chi connectivity index (χ2v) is 5.69. The molecule has 0 amide bonds. The summed E-state index contributed by atoms with van der Waals surface area (Å²) in [5.41, 5.74) is 8.31. The van der Waals surface area contributed by atoms with Gasteiger partial charge >= 0.3 is 0 Å². The van der Waals surface area contributed by atoms with Crippen molar-refractivity contribution < 1.29 is 0 Å². The van der Waals surface area contributed by atoms with Gasteiger partial charge in [0.15, 0.2) is 0 Å². The summed E-state index contributed by atoms with van der Waals surface area (Å²) >= 11 is 12.8. The molecular formula is C12H9Br2ClN2. The van der Waals surface area contributed by atoms with E-state index >= 15 is 0 Å². The van der Waals surface area contributed by atoms with Crippen LogP contribution in [0.4, 0.5) is 17.1 Å². The summed E-state index contributed by atoms with van der Waals surface area (Å²) in [7, 11) is 0. The van der Waals surface area contributed by atoms with Crippen molar-refractivity contribution in [2.45, 2.75) is 0 Å². The largest absolute Gasteiger partial charge is 0.397 e.